The van der Waals surface area contributed by atoms with Gasteiger partial charge in [0.2, 0.25) is 0 Å². The molecule has 1 heterocycles. The lowest BCUT2D eigenvalue weighted by Gasteiger charge is -2.22. The fraction of sp³-hybridized carbons (Fsp3) is 0.259. The zero-order valence-corrected chi connectivity index (χ0v) is 18.4. The van der Waals surface area contributed by atoms with Crippen LogP contribution in [0, 0.1) is 6.92 Å². The van der Waals surface area contributed by atoms with Crippen molar-refractivity contribution in [3.05, 3.63) is 95.1 Å². The molecule has 0 aliphatic carbocycles. The molecule has 1 aliphatic rings. The number of anilines is 2. The molecular weight excluding hydrogens is 398 g/mol. The smallest absolute Gasteiger partial charge is 0.255 e. The van der Waals surface area contributed by atoms with E-state index in [1.807, 2.05) is 49.4 Å². The van der Waals surface area contributed by atoms with Crippen LogP contribution in [0.4, 0.5) is 11.4 Å². The fourth-order valence-electron chi connectivity index (χ4n) is 4.00. The van der Waals surface area contributed by atoms with Crippen LogP contribution in [0.15, 0.2) is 72.8 Å². The van der Waals surface area contributed by atoms with Gasteiger partial charge in [0, 0.05) is 36.6 Å². The van der Waals surface area contributed by atoms with Crippen LogP contribution >= 0.6 is 0 Å². The lowest BCUT2D eigenvalue weighted by atomic mass is 10.1. The lowest BCUT2D eigenvalue weighted by Crippen LogP contribution is -2.29. The molecule has 3 aromatic rings. The maximum absolute atomic E-state index is 13.1. The van der Waals surface area contributed by atoms with Gasteiger partial charge in [-0.15, -0.1) is 0 Å². The minimum atomic E-state index is -0.186. The minimum absolute atomic E-state index is 0.116. The second-order valence-corrected chi connectivity index (χ2v) is 8.24. The molecule has 32 heavy (non-hydrogen) atoms. The molecule has 164 valence electrons. The predicted molar refractivity (Wildman–Crippen MR) is 130 cm³/mol. The fourth-order valence-corrected chi connectivity index (χ4v) is 4.00. The highest BCUT2D eigenvalue weighted by molar-refractivity contribution is 6.06. The molecule has 0 aromatic heterocycles. The van der Waals surface area contributed by atoms with E-state index in [0.29, 0.717) is 23.4 Å². The van der Waals surface area contributed by atoms with Crippen LogP contribution in [-0.2, 0) is 6.42 Å². The second-order valence-electron chi connectivity index (χ2n) is 8.24. The molecule has 0 radical (unpaired) electrons. The third-order valence-electron chi connectivity index (χ3n) is 5.80. The number of aryl methyl sites for hydroxylation is 1. The number of carbonyl (C=O) groups excluding carboxylic acids is 2. The Morgan fingerprint density at radius 1 is 0.875 bits per heavy atom. The van der Waals surface area contributed by atoms with Gasteiger partial charge in [-0.05, 0) is 62.1 Å². The first-order valence-electron chi connectivity index (χ1n) is 11.2. The first-order valence-corrected chi connectivity index (χ1v) is 11.2. The van der Waals surface area contributed by atoms with E-state index in [9.17, 15) is 9.59 Å². The number of nitrogens with one attached hydrogen (secondary N) is 2. The van der Waals surface area contributed by atoms with Crippen molar-refractivity contribution in [2.24, 2.45) is 0 Å². The van der Waals surface area contributed by atoms with E-state index in [2.05, 4.69) is 27.7 Å². The van der Waals surface area contributed by atoms with Gasteiger partial charge in [0.05, 0.1) is 5.56 Å². The molecule has 0 bridgehead atoms. The molecule has 3 aromatic carbocycles. The van der Waals surface area contributed by atoms with E-state index in [0.717, 1.165) is 43.6 Å². The second kappa shape index (κ2) is 10.1. The average Bonchev–Trinajstić information content (AvgIpc) is 3.35. The third-order valence-corrected chi connectivity index (χ3v) is 5.80. The SMILES string of the molecule is Cc1ccc(C(=O)Nc2ccc(N3CCCC3)c(C(=O)NCCc3ccccc3)c2)cc1. The Balaban J connectivity index is 1.50. The van der Waals surface area contributed by atoms with Crippen LogP contribution in [-0.4, -0.2) is 31.4 Å². The molecule has 5 nitrogen and oxygen atoms in total. The number of hydrogen-bond donors (Lipinski definition) is 2. The van der Waals surface area contributed by atoms with Crippen LogP contribution in [0.2, 0.25) is 0 Å². The number of nitrogens with zero attached hydrogens (tertiary/aromatic N) is 1. The van der Waals surface area contributed by atoms with Gasteiger partial charge in [-0.25, -0.2) is 0 Å². The molecule has 2 amide bonds. The molecule has 5 heteroatoms. The molecule has 0 atom stereocenters. The Bertz CT molecular complexity index is 1070. The van der Waals surface area contributed by atoms with E-state index in [4.69, 9.17) is 0 Å². The van der Waals surface area contributed by atoms with Gasteiger partial charge in [-0.1, -0.05) is 48.0 Å². The summed E-state index contributed by atoms with van der Waals surface area (Å²) < 4.78 is 0. The van der Waals surface area contributed by atoms with Gasteiger partial charge in [0.15, 0.2) is 0 Å². The number of carbonyl (C=O) groups is 2. The van der Waals surface area contributed by atoms with E-state index >= 15 is 0 Å². The summed E-state index contributed by atoms with van der Waals surface area (Å²) in [7, 11) is 0. The van der Waals surface area contributed by atoms with Crippen LogP contribution < -0.4 is 15.5 Å². The Morgan fingerprint density at radius 3 is 2.31 bits per heavy atom. The summed E-state index contributed by atoms with van der Waals surface area (Å²) in [5, 5.41) is 5.99. The molecule has 1 fully saturated rings. The van der Waals surface area contributed by atoms with Gasteiger partial charge in [-0.3, -0.25) is 9.59 Å². The maximum Gasteiger partial charge on any atom is 0.255 e. The van der Waals surface area contributed by atoms with Gasteiger partial charge >= 0.3 is 0 Å². The highest BCUT2D eigenvalue weighted by Crippen LogP contribution is 2.28. The molecule has 4 rings (SSSR count). The summed E-state index contributed by atoms with van der Waals surface area (Å²) in [5.41, 5.74) is 5.02. The normalized spacial score (nSPS) is 13.1. The van der Waals surface area contributed by atoms with Gasteiger partial charge in [0.25, 0.3) is 11.8 Å². The summed E-state index contributed by atoms with van der Waals surface area (Å²) >= 11 is 0. The molecule has 1 saturated heterocycles. The monoisotopic (exact) mass is 427 g/mol. The summed E-state index contributed by atoms with van der Waals surface area (Å²) in [4.78, 5) is 28.0. The third kappa shape index (κ3) is 5.35. The average molecular weight is 428 g/mol. The first-order chi connectivity index (χ1) is 15.6. The Hall–Kier alpha value is -3.60. The van der Waals surface area contributed by atoms with Crippen molar-refractivity contribution in [3.63, 3.8) is 0 Å². The Kier molecular flexibility index (Phi) is 6.85. The number of rotatable bonds is 7. The molecule has 0 spiro atoms. The molecule has 2 N–H and O–H groups in total. The van der Waals surface area contributed by atoms with Crippen molar-refractivity contribution in [2.45, 2.75) is 26.2 Å². The maximum atomic E-state index is 13.1. The summed E-state index contributed by atoms with van der Waals surface area (Å²) in [6.45, 7) is 4.43. The quantitative estimate of drug-likeness (QED) is 0.568. The Labute approximate surface area is 189 Å². The van der Waals surface area contributed by atoms with Crippen LogP contribution in [0.1, 0.15) is 44.7 Å². The number of hydrogen-bond acceptors (Lipinski definition) is 3. The Morgan fingerprint density at radius 2 is 1.59 bits per heavy atom. The predicted octanol–water partition coefficient (Wildman–Crippen LogP) is 4.82. The summed E-state index contributed by atoms with van der Waals surface area (Å²) in [6, 6.07) is 23.2. The largest absolute Gasteiger partial charge is 0.371 e. The van der Waals surface area contributed by atoms with Crippen LogP contribution in [0.25, 0.3) is 0 Å². The van der Waals surface area contributed by atoms with Crippen LogP contribution in [0.3, 0.4) is 0 Å². The minimum Gasteiger partial charge on any atom is -0.371 e. The van der Waals surface area contributed by atoms with Crippen LogP contribution in [0.5, 0.6) is 0 Å². The molecule has 0 unspecified atom stereocenters. The number of amides is 2. The van der Waals surface area contributed by atoms with Crippen molar-refractivity contribution in [1.82, 2.24) is 5.32 Å². The zero-order chi connectivity index (χ0) is 22.3. The topological polar surface area (TPSA) is 61.4 Å². The van der Waals surface area contributed by atoms with Gasteiger partial charge in [-0.2, -0.15) is 0 Å². The van der Waals surface area contributed by atoms with E-state index in [-0.39, 0.29) is 11.8 Å². The highest BCUT2D eigenvalue weighted by Gasteiger charge is 2.20. The van der Waals surface area contributed by atoms with E-state index < -0.39 is 0 Å². The van der Waals surface area contributed by atoms with E-state index in [1.54, 1.807) is 18.2 Å². The number of benzene rings is 3. The lowest BCUT2D eigenvalue weighted by molar-refractivity contribution is 0.0953. The summed E-state index contributed by atoms with van der Waals surface area (Å²) in [6.07, 6.45) is 3.03. The standard InChI is InChI=1S/C27H29N3O2/c1-20-9-11-22(12-10-20)26(31)29-23-13-14-25(30-17-5-6-18-30)24(19-23)27(32)28-16-15-21-7-3-2-4-8-21/h2-4,7-14,19H,5-6,15-18H2,1H3,(H,28,32)(H,29,31). The van der Waals surface area contributed by atoms with Crippen molar-refractivity contribution in [2.75, 3.05) is 29.9 Å². The van der Waals surface area contributed by atoms with Gasteiger partial charge < -0.3 is 15.5 Å². The van der Waals surface area contributed by atoms with Crippen molar-refractivity contribution in [3.8, 4) is 0 Å². The van der Waals surface area contributed by atoms with Crippen molar-refractivity contribution < 1.29 is 9.59 Å². The van der Waals surface area contributed by atoms with E-state index in [1.165, 1.54) is 5.56 Å². The molecular formula is C27H29N3O2. The molecule has 0 saturated carbocycles. The first kappa shape index (κ1) is 21.6. The highest BCUT2D eigenvalue weighted by atomic mass is 16.2. The van der Waals surface area contributed by atoms with Crippen molar-refractivity contribution >= 4 is 23.2 Å². The zero-order valence-electron chi connectivity index (χ0n) is 18.4. The van der Waals surface area contributed by atoms with Crippen molar-refractivity contribution in [1.29, 1.82) is 0 Å². The summed E-state index contributed by atoms with van der Waals surface area (Å²) in [5.74, 6) is -0.302. The van der Waals surface area contributed by atoms with Gasteiger partial charge in [0.1, 0.15) is 0 Å². The molecule has 1 aliphatic heterocycles.